The Morgan fingerprint density at radius 2 is 1.79 bits per heavy atom. The summed E-state index contributed by atoms with van der Waals surface area (Å²) in [6, 6.07) is 14.9. The van der Waals surface area contributed by atoms with Crippen LogP contribution in [0.4, 0.5) is 5.69 Å². The molecule has 1 aliphatic heterocycles. The molecule has 1 N–H and O–H groups in total. The van der Waals surface area contributed by atoms with Crippen molar-refractivity contribution < 1.29 is 13.9 Å². The van der Waals surface area contributed by atoms with Crippen LogP contribution in [0.1, 0.15) is 60.0 Å². The highest BCUT2D eigenvalue weighted by atomic mass is 16.5. The van der Waals surface area contributed by atoms with Crippen molar-refractivity contribution in [2.24, 2.45) is 0 Å². The van der Waals surface area contributed by atoms with Gasteiger partial charge in [-0.1, -0.05) is 39.0 Å². The smallest absolute Gasteiger partial charge is 0.277 e. The number of carbonyl (C=O) groups excluding carboxylic acids is 1. The number of amides is 1. The van der Waals surface area contributed by atoms with E-state index in [1.165, 1.54) is 0 Å². The Kier molecular flexibility index (Phi) is 4.81. The molecule has 168 valence electrons. The molecule has 8 nitrogen and oxygen atoms in total. The number of carbonyl (C=O) groups is 1. The van der Waals surface area contributed by atoms with Crippen LogP contribution in [0.3, 0.4) is 0 Å². The number of hydrogen-bond acceptors (Lipinski definition) is 6. The van der Waals surface area contributed by atoms with E-state index in [2.05, 4.69) is 41.2 Å². The number of nitrogens with one attached hydrogen (secondary N) is 1. The quantitative estimate of drug-likeness (QED) is 0.485. The highest BCUT2D eigenvalue weighted by Crippen LogP contribution is 2.47. The van der Waals surface area contributed by atoms with Gasteiger partial charge in [-0.25, -0.2) is 0 Å². The maximum absolute atomic E-state index is 13.7. The molecule has 33 heavy (non-hydrogen) atoms. The molecule has 0 aliphatic carbocycles. The van der Waals surface area contributed by atoms with E-state index in [0.29, 0.717) is 23.2 Å². The molecule has 0 saturated carbocycles. The number of aromatic amines is 1. The highest BCUT2D eigenvalue weighted by Gasteiger charge is 2.45. The Hall–Kier alpha value is -3.94. The van der Waals surface area contributed by atoms with Gasteiger partial charge in [-0.05, 0) is 30.3 Å². The summed E-state index contributed by atoms with van der Waals surface area (Å²) in [6.45, 7) is 8.03. The molecule has 0 spiro atoms. The first-order valence-electron chi connectivity index (χ1n) is 10.8. The summed E-state index contributed by atoms with van der Waals surface area (Å²) in [5.41, 5.74) is 4.44. The number of rotatable bonds is 4. The molecular formula is C25H25N5O3. The van der Waals surface area contributed by atoms with Gasteiger partial charge in [0.2, 0.25) is 11.8 Å². The number of fused-ring (bicyclic) bond motifs is 1. The van der Waals surface area contributed by atoms with Gasteiger partial charge in [-0.3, -0.25) is 14.8 Å². The number of benzene rings is 2. The second-order valence-corrected chi connectivity index (χ2v) is 9.10. The van der Waals surface area contributed by atoms with Crippen LogP contribution >= 0.6 is 0 Å². The molecule has 0 radical (unpaired) electrons. The zero-order chi connectivity index (χ0) is 23.3. The number of aromatic nitrogens is 4. The van der Waals surface area contributed by atoms with Crippen LogP contribution in [-0.4, -0.2) is 33.4 Å². The number of nitrogens with zero attached hydrogens (tertiary/aromatic N) is 4. The molecule has 1 unspecified atom stereocenters. The third-order valence-corrected chi connectivity index (χ3v) is 5.83. The van der Waals surface area contributed by atoms with Crippen LogP contribution in [0.2, 0.25) is 0 Å². The van der Waals surface area contributed by atoms with Crippen LogP contribution in [0.15, 0.2) is 52.9 Å². The van der Waals surface area contributed by atoms with E-state index in [4.69, 9.17) is 9.15 Å². The number of hydrogen-bond donors (Lipinski definition) is 1. The zero-order valence-electron chi connectivity index (χ0n) is 19.2. The molecule has 0 saturated heterocycles. The summed E-state index contributed by atoms with van der Waals surface area (Å²) < 4.78 is 11.2. The van der Waals surface area contributed by atoms with Crippen molar-refractivity contribution in [3.63, 3.8) is 0 Å². The summed E-state index contributed by atoms with van der Waals surface area (Å²) in [5.74, 6) is 1.52. The predicted molar refractivity (Wildman–Crippen MR) is 123 cm³/mol. The average molecular weight is 444 g/mol. The van der Waals surface area contributed by atoms with E-state index >= 15 is 0 Å². The molecule has 3 heterocycles. The third kappa shape index (κ3) is 3.38. The summed E-state index contributed by atoms with van der Waals surface area (Å²) in [4.78, 5) is 15.4. The van der Waals surface area contributed by atoms with Gasteiger partial charge in [0.15, 0.2) is 0 Å². The number of H-pyrrole nitrogens is 1. The summed E-state index contributed by atoms with van der Waals surface area (Å²) in [7, 11) is 1.64. The van der Waals surface area contributed by atoms with Crippen molar-refractivity contribution in [2.45, 2.75) is 39.2 Å². The molecule has 0 fully saturated rings. The maximum Gasteiger partial charge on any atom is 0.277 e. The van der Waals surface area contributed by atoms with Crippen LogP contribution in [-0.2, 0) is 5.41 Å². The number of ether oxygens (including phenoxy) is 1. The molecule has 4 aromatic rings. The van der Waals surface area contributed by atoms with Crippen molar-refractivity contribution in [3.05, 3.63) is 76.9 Å². The first kappa shape index (κ1) is 20.9. The second kappa shape index (κ2) is 7.58. The molecule has 2 aromatic heterocycles. The van der Waals surface area contributed by atoms with Gasteiger partial charge in [-0.15, -0.1) is 10.2 Å². The minimum atomic E-state index is -0.381. The van der Waals surface area contributed by atoms with E-state index in [1.54, 1.807) is 18.9 Å². The lowest BCUT2D eigenvalue weighted by molar-refractivity contribution is 0.0988. The number of methoxy groups -OCH3 is 1. The van der Waals surface area contributed by atoms with Crippen molar-refractivity contribution >= 4 is 11.6 Å². The topological polar surface area (TPSA) is 97.1 Å². The van der Waals surface area contributed by atoms with Crippen LogP contribution in [0, 0.1) is 6.92 Å². The van der Waals surface area contributed by atoms with Gasteiger partial charge in [0, 0.05) is 34.7 Å². The lowest BCUT2D eigenvalue weighted by Crippen LogP contribution is -2.30. The van der Waals surface area contributed by atoms with Crippen molar-refractivity contribution in [3.8, 4) is 17.2 Å². The Bertz CT molecular complexity index is 1330. The van der Waals surface area contributed by atoms with E-state index in [1.807, 2.05) is 48.5 Å². The van der Waals surface area contributed by atoms with Gasteiger partial charge in [-0.2, -0.15) is 5.10 Å². The normalized spacial score (nSPS) is 15.7. The van der Waals surface area contributed by atoms with Gasteiger partial charge in [0.05, 0.1) is 18.8 Å². The van der Waals surface area contributed by atoms with Crippen LogP contribution in [0.5, 0.6) is 5.75 Å². The predicted octanol–water partition coefficient (Wildman–Crippen LogP) is 4.82. The van der Waals surface area contributed by atoms with Crippen LogP contribution in [0.25, 0.3) is 11.5 Å². The minimum absolute atomic E-state index is 0.134. The van der Waals surface area contributed by atoms with E-state index in [-0.39, 0.29) is 17.4 Å². The van der Waals surface area contributed by atoms with E-state index < -0.39 is 0 Å². The number of aryl methyl sites for hydroxylation is 1. The Morgan fingerprint density at radius 1 is 1.06 bits per heavy atom. The van der Waals surface area contributed by atoms with Gasteiger partial charge >= 0.3 is 0 Å². The van der Waals surface area contributed by atoms with Gasteiger partial charge in [0.25, 0.3) is 5.91 Å². The SMILES string of the molecule is COc1ccccc1C1c2c(C(C)(C)C)n[nH]c2C(=O)N1c1ccc(-c2nnc(C)o2)cc1. The first-order chi connectivity index (χ1) is 15.8. The van der Waals surface area contributed by atoms with Crippen LogP contribution < -0.4 is 9.64 Å². The fraction of sp³-hybridized carbons (Fsp3) is 0.280. The monoisotopic (exact) mass is 443 g/mol. The molecule has 1 amide bonds. The molecule has 5 rings (SSSR count). The standard InChI is InChI=1S/C25H25N5O3/c1-14-26-29-23(33-14)15-10-12-16(13-11-15)30-21(17-8-6-7-9-18(17)32-5)19-20(24(30)31)27-28-22(19)25(2,3)4/h6-13,21H,1-5H3,(H,27,28). The van der Waals surface area contributed by atoms with Crippen molar-refractivity contribution in [1.82, 2.24) is 20.4 Å². The molecule has 0 bridgehead atoms. The molecular weight excluding hydrogens is 418 g/mol. The van der Waals surface area contributed by atoms with Crippen molar-refractivity contribution in [1.29, 1.82) is 0 Å². The summed E-state index contributed by atoms with van der Waals surface area (Å²) in [5, 5.41) is 15.5. The van der Waals surface area contributed by atoms with Crippen molar-refractivity contribution in [2.75, 3.05) is 12.0 Å². The maximum atomic E-state index is 13.7. The lowest BCUT2D eigenvalue weighted by Gasteiger charge is -2.29. The molecule has 1 atom stereocenters. The molecule has 8 heteroatoms. The summed E-state index contributed by atoms with van der Waals surface area (Å²) >= 11 is 0. The summed E-state index contributed by atoms with van der Waals surface area (Å²) in [6.07, 6.45) is 0. The zero-order valence-corrected chi connectivity index (χ0v) is 19.2. The first-order valence-corrected chi connectivity index (χ1v) is 10.8. The molecule has 1 aliphatic rings. The van der Waals surface area contributed by atoms with E-state index in [9.17, 15) is 4.79 Å². The average Bonchev–Trinajstić information content (AvgIpc) is 3.49. The number of anilines is 1. The van der Waals surface area contributed by atoms with Gasteiger partial charge in [0.1, 0.15) is 11.4 Å². The largest absolute Gasteiger partial charge is 0.496 e. The van der Waals surface area contributed by atoms with Gasteiger partial charge < -0.3 is 9.15 Å². The lowest BCUT2D eigenvalue weighted by atomic mass is 9.85. The second-order valence-electron chi connectivity index (χ2n) is 9.10. The Labute approximate surface area is 191 Å². The number of para-hydroxylation sites is 1. The fourth-order valence-corrected chi connectivity index (χ4v) is 4.35. The molecule has 2 aromatic carbocycles. The Balaban J connectivity index is 1.66. The highest BCUT2D eigenvalue weighted by molar-refractivity contribution is 6.11. The Morgan fingerprint density at radius 3 is 2.42 bits per heavy atom. The van der Waals surface area contributed by atoms with E-state index in [0.717, 1.165) is 28.1 Å². The minimum Gasteiger partial charge on any atom is -0.496 e. The fourth-order valence-electron chi connectivity index (χ4n) is 4.35. The third-order valence-electron chi connectivity index (χ3n) is 5.83.